The molecule has 11 heavy (non-hydrogen) atoms. The molecule has 0 nitrogen and oxygen atoms in total. The van der Waals surface area contributed by atoms with Gasteiger partial charge in [0.25, 0.3) is 0 Å². The van der Waals surface area contributed by atoms with Crippen molar-refractivity contribution in [1.29, 1.82) is 0 Å². The molecule has 3 heteroatoms. The van der Waals surface area contributed by atoms with Gasteiger partial charge in [-0.25, -0.2) is 4.39 Å². The molecule has 0 aliphatic carbocycles. The molecule has 0 aliphatic heterocycles. The molecule has 55 valence electrons. The second kappa shape index (κ2) is 2.47. The van der Waals surface area contributed by atoms with Gasteiger partial charge in [-0.15, -0.1) is 11.3 Å². The Morgan fingerprint density at radius 2 is 2.27 bits per heavy atom. The lowest BCUT2D eigenvalue weighted by Gasteiger charge is -1.88. The largest absolute Gasteiger partial charge is 0.207 e. The summed E-state index contributed by atoms with van der Waals surface area (Å²) in [7, 11) is 0. The highest BCUT2D eigenvalue weighted by Crippen LogP contribution is 2.29. The van der Waals surface area contributed by atoms with E-state index in [9.17, 15) is 4.39 Å². The van der Waals surface area contributed by atoms with E-state index in [1.54, 1.807) is 6.07 Å². The molecule has 0 bridgehead atoms. The maximum Gasteiger partial charge on any atom is 0.124 e. The molecule has 0 N–H and O–H groups in total. The first kappa shape index (κ1) is 7.07. The summed E-state index contributed by atoms with van der Waals surface area (Å²) < 4.78 is 13.4. The average molecular weight is 186 g/mol. The van der Waals surface area contributed by atoms with Crippen LogP contribution in [0.4, 0.5) is 4.39 Å². The molecule has 0 spiro atoms. The van der Waals surface area contributed by atoms with Crippen LogP contribution in [-0.4, -0.2) is 0 Å². The van der Waals surface area contributed by atoms with Crippen LogP contribution in [0.25, 0.3) is 10.1 Å². The summed E-state index contributed by atoms with van der Waals surface area (Å²) in [5.74, 6) is -0.232. The SMILES string of the molecule is Fc1ccc2c(Cl)[c]sc2c1. The van der Waals surface area contributed by atoms with E-state index in [1.807, 2.05) is 0 Å². The van der Waals surface area contributed by atoms with Gasteiger partial charge in [0, 0.05) is 10.1 Å². The standard InChI is InChI=1S/C8H3ClFS/c9-7-4-11-8-3-5(10)1-2-6(7)8/h1-3H. The van der Waals surface area contributed by atoms with Crippen LogP contribution in [0.5, 0.6) is 0 Å². The molecule has 0 saturated carbocycles. The number of halogens is 2. The lowest BCUT2D eigenvalue weighted by molar-refractivity contribution is 0.630. The zero-order valence-corrected chi connectivity index (χ0v) is 6.97. The minimum atomic E-state index is -0.232. The van der Waals surface area contributed by atoms with Crippen molar-refractivity contribution in [2.75, 3.05) is 0 Å². The molecule has 0 aliphatic rings. The van der Waals surface area contributed by atoms with Crippen LogP contribution in [-0.2, 0) is 0 Å². The molecule has 1 radical (unpaired) electrons. The molecule has 0 unspecified atom stereocenters. The van der Waals surface area contributed by atoms with Gasteiger partial charge in [-0.3, -0.25) is 0 Å². The molecular weight excluding hydrogens is 183 g/mol. The minimum Gasteiger partial charge on any atom is -0.207 e. The van der Waals surface area contributed by atoms with E-state index in [0.29, 0.717) is 5.02 Å². The summed E-state index contributed by atoms with van der Waals surface area (Å²) >= 11 is 7.09. The zero-order valence-electron chi connectivity index (χ0n) is 5.40. The summed E-state index contributed by atoms with van der Waals surface area (Å²) in [6.07, 6.45) is 0. The molecule has 0 amide bonds. The third-order valence-electron chi connectivity index (χ3n) is 1.43. The topological polar surface area (TPSA) is 0 Å². The Balaban J connectivity index is 2.86. The Hall–Kier alpha value is -0.600. The van der Waals surface area contributed by atoms with E-state index < -0.39 is 0 Å². The maximum absolute atomic E-state index is 12.6. The van der Waals surface area contributed by atoms with Crippen LogP contribution >= 0.6 is 22.9 Å². The van der Waals surface area contributed by atoms with Crippen molar-refractivity contribution in [3.63, 3.8) is 0 Å². The summed E-state index contributed by atoms with van der Waals surface area (Å²) in [5, 5.41) is 4.29. The lowest BCUT2D eigenvalue weighted by atomic mass is 10.3. The molecular formula is C8H3ClFS. The van der Waals surface area contributed by atoms with Gasteiger partial charge in [-0.05, 0) is 18.2 Å². The van der Waals surface area contributed by atoms with Crippen LogP contribution < -0.4 is 0 Å². The Kier molecular flexibility index (Phi) is 1.59. The fraction of sp³-hybridized carbons (Fsp3) is 0. The van der Waals surface area contributed by atoms with Crippen molar-refractivity contribution in [1.82, 2.24) is 0 Å². The van der Waals surface area contributed by atoms with Gasteiger partial charge in [0.1, 0.15) is 5.82 Å². The highest BCUT2D eigenvalue weighted by Gasteiger charge is 2.01. The quantitative estimate of drug-likeness (QED) is 0.590. The van der Waals surface area contributed by atoms with Gasteiger partial charge in [0.05, 0.1) is 10.4 Å². The number of hydrogen-bond acceptors (Lipinski definition) is 1. The van der Waals surface area contributed by atoms with Crippen molar-refractivity contribution < 1.29 is 4.39 Å². The van der Waals surface area contributed by atoms with Gasteiger partial charge < -0.3 is 0 Å². The van der Waals surface area contributed by atoms with E-state index in [2.05, 4.69) is 5.38 Å². The Bertz CT molecular complexity index is 394. The number of hydrogen-bond donors (Lipinski definition) is 0. The number of fused-ring (bicyclic) bond motifs is 1. The molecule has 0 atom stereocenters. The molecule has 1 aromatic carbocycles. The first-order valence-corrected chi connectivity index (χ1v) is 4.22. The van der Waals surface area contributed by atoms with Crippen LogP contribution in [0.2, 0.25) is 5.02 Å². The smallest absolute Gasteiger partial charge is 0.124 e. The number of thiophene rings is 1. The van der Waals surface area contributed by atoms with Crippen LogP contribution in [0.1, 0.15) is 0 Å². The predicted octanol–water partition coefficient (Wildman–Crippen LogP) is 3.49. The molecule has 2 rings (SSSR count). The van der Waals surface area contributed by atoms with Gasteiger partial charge in [0.15, 0.2) is 0 Å². The number of rotatable bonds is 0. The van der Waals surface area contributed by atoms with Crippen molar-refractivity contribution in [2.45, 2.75) is 0 Å². The van der Waals surface area contributed by atoms with Gasteiger partial charge in [-0.2, -0.15) is 0 Å². The molecule has 1 aromatic heterocycles. The van der Waals surface area contributed by atoms with E-state index in [4.69, 9.17) is 11.6 Å². The van der Waals surface area contributed by atoms with Crippen molar-refractivity contribution >= 4 is 33.0 Å². The average Bonchev–Trinajstić information content (AvgIpc) is 2.32. The van der Waals surface area contributed by atoms with Crippen molar-refractivity contribution in [2.24, 2.45) is 0 Å². The first-order valence-electron chi connectivity index (χ1n) is 3.02. The summed E-state index contributed by atoms with van der Waals surface area (Å²) in [6.45, 7) is 0. The molecule has 1 heterocycles. The lowest BCUT2D eigenvalue weighted by Crippen LogP contribution is -1.69. The van der Waals surface area contributed by atoms with Crippen LogP contribution in [0.15, 0.2) is 18.2 Å². The van der Waals surface area contributed by atoms with Crippen LogP contribution in [0.3, 0.4) is 0 Å². The van der Waals surface area contributed by atoms with E-state index in [0.717, 1.165) is 10.1 Å². The molecule has 0 saturated heterocycles. The monoisotopic (exact) mass is 185 g/mol. The Morgan fingerprint density at radius 1 is 1.45 bits per heavy atom. The van der Waals surface area contributed by atoms with Crippen molar-refractivity contribution in [3.8, 4) is 0 Å². The summed E-state index contributed by atoms with van der Waals surface area (Å²) in [6, 6.07) is 4.52. The second-order valence-electron chi connectivity index (χ2n) is 2.16. The summed E-state index contributed by atoms with van der Waals surface area (Å²) in [4.78, 5) is 0. The second-order valence-corrected chi connectivity index (χ2v) is 3.38. The summed E-state index contributed by atoms with van der Waals surface area (Å²) in [5.41, 5.74) is 0. The highest BCUT2D eigenvalue weighted by atomic mass is 35.5. The highest BCUT2D eigenvalue weighted by molar-refractivity contribution is 7.17. The fourth-order valence-electron chi connectivity index (χ4n) is 0.917. The zero-order chi connectivity index (χ0) is 7.84. The third kappa shape index (κ3) is 1.12. The first-order chi connectivity index (χ1) is 5.27. The maximum atomic E-state index is 12.6. The normalized spacial score (nSPS) is 10.7. The van der Waals surface area contributed by atoms with Crippen molar-refractivity contribution in [3.05, 3.63) is 34.4 Å². The minimum absolute atomic E-state index is 0.232. The Labute approximate surface area is 72.2 Å². The van der Waals surface area contributed by atoms with Gasteiger partial charge >= 0.3 is 0 Å². The number of benzene rings is 1. The molecule has 2 aromatic rings. The predicted molar refractivity (Wildman–Crippen MR) is 45.6 cm³/mol. The Morgan fingerprint density at radius 3 is 3.09 bits per heavy atom. The van der Waals surface area contributed by atoms with Gasteiger partial charge in [-0.1, -0.05) is 11.6 Å². The van der Waals surface area contributed by atoms with E-state index in [-0.39, 0.29) is 5.82 Å². The van der Waals surface area contributed by atoms with Crippen LogP contribution in [0, 0.1) is 11.2 Å². The molecule has 0 fully saturated rings. The van der Waals surface area contributed by atoms with E-state index >= 15 is 0 Å². The van der Waals surface area contributed by atoms with E-state index in [1.165, 1.54) is 23.5 Å². The van der Waals surface area contributed by atoms with Gasteiger partial charge in [0.2, 0.25) is 0 Å². The third-order valence-corrected chi connectivity index (χ3v) is 2.70. The fourth-order valence-corrected chi connectivity index (χ4v) is 2.01.